The first-order chi connectivity index (χ1) is 10.7. The van der Waals surface area contributed by atoms with E-state index in [1.807, 2.05) is 36.4 Å². The molecule has 3 heteroatoms. The molecule has 1 aliphatic rings. The molecule has 1 aliphatic carbocycles. The molecule has 0 saturated heterocycles. The fourth-order valence-corrected chi connectivity index (χ4v) is 3.14. The molecule has 3 rings (SSSR count). The van der Waals surface area contributed by atoms with Crippen molar-refractivity contribution in [2.75, 3.05) is 0 Å². The average Bonchev–Trinajstić information content (AvgIpc) is 2.56. The number of hydrogen-bond acceptors (Lipinski definition) is 2. The van der Waals surface area contributed by atoms with Crippen LogP contribution >= 0.6 is 0 Å². The summed E-state index contributed by atoms with van der Waals surface area (Å²) in [6.45, 7) is 0. The Morgan fingerprint density at radius 1 is 1.14 bits per heavy atom. The molecular formula is C19H22N2O. The molecule has 22 heavy (non-hydrogen) atoms. The molecule has 0 bridgehead atoms. The third-order valence-electron chi connectivity index (χ3n) is 4.32. The van der Waals surface area contributed by atoms with Crippen molar-refractivity contribution in [3.05, 3.63) is 71.3 Å². The highest BCUT2D eigenvalue weighted by Crippen LogP contribution is 2.29. The minimum atomic E-state index is -0.503. The number of fused-ring (bicyclic) bond motifs is 1. The van der Waals surface area contributed by atoms with Gasteiger partial charge < -0.3 is 11.1 Å². The van der Waals surface area contributed by atoms with Gasteiger partial charge >= 0.3 is 0 Å². The molecule has 2 aromatic carbocycles. The van der Waals surface area contributed by atoms with Crippen molar-refractivity contribution in [1.82, 2.24) is 5.32 Å². The Bertz CT molecular complexity index is 639. The highest BCUT2D eigenvalue weighted by atomic mass is 16.2. The lowest BCUT2D eigenvalue weighted by Crippen LogP contribution is -2.44. The van der Waals surface area contributed by atoms with Gasteiger partial charge in [-0.3, -0.25) is 4.79 Å². The molecule has 3 nitrogen and oxygen atoms in total. The van der Waals surface area contributed by atoms with Crippen LogP contribution < -0.4 is 11.1 Å². The molecule has 0 heterocycles. The largest absolute Gasteiger partial charge is 0.348 e. The molecule has 0 radical (unpaired) electrons. The minimum absolute atomic E-state index is 0.0643. The third kappa shape index (κ3) is 3.37. The van der Waals surface area contributed by atoms with E-state index in [1.54, 1.807) is 0 Å². The van der Waals surface area contributed by atoms with Gasteiger partial charge in [0.15, 0.2) is 0 Å². The number of amides is 1. The van der Waals surface area contributed by atoms with Gasteiger partial charge in [-0.05, 0) is 42.4 Å². The van der Waals surface area contributed by atoms with Gasteiger partial charge in [0, 0.05) is 0 Å². The van der Waals surface area contributed by atoms with Gasteiger partial charge in [0.1, 0.15) is 0 Å². The summed E-state index contributed by atoms with van der Waals surface area (Å²) >= 11 is 0. The summed E-state index contributed by atoms with van der Waals surface area (Å²) in [5.74, 6) is -0.0643. The second-order valence-electron chi connectivity index (χ2n) is 5.95. The van der Waals surface area contributed by atoms with Crippen LogP contribution in [-0.2, 0) is 17.6 Å². The van der Waals surface area contributed by atoms with E-state index < -0.39 is 6.04 Å². The molecule has 114 valence electrons. The Morgan fingerprint density at radius 2 is 1.86 bits per heavy atom. The van der Waals surface area contributed by atoms with Crippen molar-refractivity contribution >= 4 is 5.91 Å². The second kappa shape index (κ2) is 6.75. The number of carbonyl (C=O) groups excluding carboxylic acids is 1. The van der Waals surface area contributed by atoms with Crippen molar-refractivity contribution < 1.29 is 4.79 Å². The normalized spacial score (nSPS) is 18.3. The fraction of sp³-hybridized carbons (Fsp3) is 0.316. The van der Waals surface area contributed by atoms with Crippen LogP contribution in [0.5, 0.6) is 0 Å². The zero-order chi connectivity index (χ0) is 15.4. The van der Waals surface area contributed by atoms with E-state index in [9.17, 15) is 4.79 Å². The molecule has 0 aliphatic heterocycles. The van der Waals surface area contributed by atoms with Crippen molar-refractivity contribution in [1.29, 1.82) is 0 Å². The Morgan fingerprint density at radius 3 is 2.68 bits per heavy atom. The highest BCUT2D eigenvalue weighted by molar-refractivity contribution is 5.82. The molecule has 0 saturated carbocycles. The fourth-order valence-electron chi connectivity index (χ4n) is 3.14. The maximum atomic E-state index is 12.4. The standard InChI is InChI=1S/C19H22N2O/c20-17(13-14-7-2-1-3-8-14)19(22)21-18-12-6-10-15-9-4-5-11-16(15)18/h1-5,7-9,11,17-18H,6,10,12-13,20H2,(H,21,22). The van der Waals surface area contributed by atoms with E-state index in [-0.39, 0.29) is 11.9 Å². The number of carbonyl (C=O) groups is 1. The molecule has 1 amide bonds. The van der Waals surface area contributed by atoms with E-state index >= 15 is 0 Å². The van der Waals surface area contributed by atoms with Crippen LogP contribution in [0.15, 0.2) is 54.6 Å². The second-order valence-corrected chi connectivity index (χ2v) is 5.95. The van der Waals surface area contributed by atoms with Crippen LogP contribution in [0.25, 0.3) is 0 Å². The Kier molecular flexibility index (Phi) is 4.54. The van der Waals surface area contributed by atoms with Crippen LogP contribution in [0, 0.1) is 0 Å². The summed E-state index contributed by atoms with van der Waals surface area (Å²) in [5.41, 5.74) is 9.75. The predicted molar refractivity (Wildman–Crippen MR) is 88.4 cm³/mol. The van der Waals surface area contributed by atoms with E-state index in [1.165, 1.54) is 11.1 Å². The first kappa shape index (κ1) is 14.8. The molecular weight excluding hydrogens is 272 g/mol. The first-order valence-corrected chi connectivity index (χ1v) is 7.92. The van der Waals surface area contributed by atoms with Crippen LogP contribution in [0.4, 0.5) is 0 Å². The maximum absolute atomic E-state index is 12.4. The minimum Gasteiger partial charge on any atom is -0.348 e. The number of benzene rings is 2. The van der Waals surface area contributed by atoms with Gasteiger partial charge in [-0.25, -0.2) is 0 Å². The zero-order valence-corrected chi connectivity index (χ0v) is 12.7. The van der Waals surface area contributed by atoms with Crippen LogP contribution in [0.1, 0.15) is 35.6 Å². The van der Waals surface area contributed by atoms with Crippen LogP contribution in [0.3, 0.4) is 0 Å². The number of nitrogens with one attached hydrogen (secondary N) is 1. The number of rotatable bonds is 4. The van der Waals surface area contributed by atoms with Gasteiger partial charge in [0.2, 0.25) is 5.91 Å². The number of aryl methyl sites for hydroxylation is 1. The quantitative estimate of drug-likeness (QED) is 0.911. The lowest BCUT2D eigenvalue weighted by atomic mass is 9.87. The first-order valence-electron chi connectivity index (χ1n) is 7.92. The SMILES string of the molecule is NC(Cc1ccccc1)C(=O)NC1CCCc2ccccc21. The van der Waals surface area contributed by atoms with Crippen molar-refractivity contribution in [3.8, 4) is 0 Å². The van der Waals surface area contributed by atoms with Gasteiger partial charge in [0.25, 0.3) is 0 Å². The molecule has 3 N–H and O–H groups in total. The monoisotopic (exact) mass is 294 g/mol. The summed E-state index contributed by atoms with van der Waals surface area (Å²) in [6.07, 6.45) is 3.76. The van der Waals surface area contributed by atoms with Gasteiger partial charge in [0.05, 0.1) is 12.1 Å². The van der Waals surface area contributed by atoms with E-state index in [2.05, 4.69) is 23.5 Å². The van der Waals surface area contributed by atoms with Gasteiger partial charge in [-0.2, -0.15) is 0 Å². The lowest BCUT2D eigenvalue weighted by Gasteiger charge is -2.27. The van der Waals surface area contributed by atoms with E-state index in [4.69, 9.17) is 5.73 Å². The van der Waals surface area contributed by atoms with Crippen LogP contribution in [-0.4, -0.2) is 11.9 Å². The smallest absolute Gasteiger partial charge is 0.237 e. The average molecular weight is 294 g/mol. The summed E-state index contributed by atoms with van der Waals surface area (Å²) < 4.78 is 0. The number of hydrogen-bond donors (Lipinski definition) is 2. The Balaban J connectivity index is 1.65. The Labute approximate surface area is 131 Å². The Hall–Kier alpha value is -2.13. The van der Waals surface area contributed by atoms with Crippen LogP contribution in [0.2, 0.25) is 0 Å². The summed E-state index contributed by atoms with van der Waals surface area (Å²) in [7, 11) is 0. The van der Waals surface area contributed by atoms with Gasteiger partial charge in [-0.15, -0.1) is 0 Å². The third-order valence-corrected chi connectivity index (χ3v) is 4.32. The lowest BCUT2D eigenvalue weighted by molar-refractivity contribution is -0.123. The van der Waals surface area contributed by atoms with Gasteiger partial charge in [-0.1, -0.05) is 54.6 Å². The summed E-state index contributed by atoms with van der Waals surface area (Å²) in [4.78, 5) is 12.4. The topological polar surface area (TPSA) is 55.1 Å². The molecule has 0 fully saturated rings. The maximum Gasteiger partial charge on any atom is 0.237 e. The molecule has 2 atom stereocenters. The van der Waals surface area contributed by atoms with Crippen molar-refractivity contribution in [3.63, 3.8) is 0 Å². The molecule has 0 aromatic heterocycles. The summed E-state index contributed by atoms with van der Waals surface area (Å²) in [5, 5.41) is 3.13. The van der Waals surface area contributed by atoms with Crippen molar-refractivity contribution in [2.45, 2.75) is 37.8 Å². The molecule has 0 spiro atoms. The summed E-state index contributed by atoms with van der Waals surface area (Å²) in [6, 6.07) is 17.9. The highest BCUT2D eigenvalue weighted by Gasteiger charge is 2.23. The van der Waals surface area contributed by atoms with Crippen molar-refractivity contribution in [2.24, 2.45) is 5.73 Å². The zero-order valence-electron chi connectivity index (χ0n) is 12.7. The molecule has 2 aromatic rings. The predicted octanol–water partition coefficient (Wildman–Crippen LogP) is 2.75. The number of nitrogens with two attached hydrogens (primary N) is 1. The molecule has 2 unspecified atom stereocenters. The van der Waals surface area contributed by atoms with E-state index in [0.29, 0.717) is 6.42 Å². The van der Waals surface area contributed by atoms with E-state index in [0.717, 1.165) is 24.8 Å².